The molecule has 1 amide bonds. The van der Waals surface area contributed by atoms with Crippen molar-refractivity contribution >= 4 is 36.4 Å². The molecule has 0 radical (unpaired) electrons. The zero-order valence-corrected chi connectivity index (χ0v) is 16.1. The van der Waals surface area contributed by atoms with Gasteiger partial charge in [-0.2, -0.15) is 0 Å². The van der Waals surface area contributed by atoms with Gasteiger partial charge in [0.1, 0.15) is 0 Å². The molecule has 5 nitrogen and oxygen atoms in total. The lowest BCUT2D eigenvalue weighted by Crippen LogP contribution is -2.37. The third kappa shape index (κ3) is 6.76. The van der Waals surface area contributed by atoms with Gasteiger partial charge in [-0.3, -0.25) is 9.69 Å². The fourth-order valence-electron chi connectivity index (χ4n) is 3.37. The van der Waals surface area contributed by atoms with Crippen molar-refractivity contribution in [1.82, 2.24) is 4.90 Å². The highest BCUT2D eigenvalue weighted by Gasteiger charge is 2.27. The van der Waals surface area contributed by atoms with Gasteiger partial charge in [0.2, 0.25) is 5.91 Å². The maximum atomic E-state index is 12.2. The lowest BCUT2D eigenvalue weighted by Gasteiger charge is -2.26. The number of morpholine rings is 1. The molecule has 2 atom stereocenters. The lowest BCUT2D eigenvalue weighted by atomic mass is 10.1. The molecule has 7 heteroatoms. The first-order valence-electron chi connectivity index (χ1n) is 8.66. The van der Waals surface area contributed by atoms with Crippen LogP contribution in [0, 0.1) is 5.92 Å². The van der Waals surface area contributed by atoms with Crippen LogP contribution in [0.25, 0.3) is 0 Å². The first-order valence-corrected chi connectivity index (χ1v) is 8.66. The summed E-state index contributed by atoms with van der Waals surface area (Å²) in [7, 11) is 0. The molecule has 1 aliphatic heterocycles. The number of carbonyl (C=O) groups is 1. The van der Waals surface area contributed by atoms with Crippen LogP contribution < -0.4 is 11.1 Å². The Morgan fingerprint density at radius 2 is 1.84 bits per heavy atom. The monoisotopic (exact) mass is 389 g/mol. The lowest BCUT2D eigenvalue weighted by molar-refractivity contribution is -0.119. The molecule has 1 aromatic rings. The number of carbonyl (C=O) groups excluding carboxylic acids is 1. The minimum Gasteiger partial charge on any atom is -0.379 e. The highest BCUT2D eigenvalue weighted by atomic mass is 35.5. The van der Waals surface area contributed by atoms with E-state index in [-0.39, 0.29) is 42.7 Å². The van der Waals surface area contributed by atoms with Crippen LogP contribution in [0.5, 0.6) is 0 Å². The van der Waals surface area contributed by atoms with Crippen molar-refractivity contribution in [3.63, 3.8) is 0 Å². The van der Waals surface area contributed by atoms with Gasteiger partial charge in [-0.05, 0) is 43.4 Å². The zero-order chi connectivity index (χ0) is 16.1. The van der Waals surface area contributed by atoms with Crippen molar-refractivity contribution < 1.29 is 9.53 Å². The minimum atomic E-state index is 0. The Labute approximate surface area is 162 Å². The van der Waals surface area contributed by atoms with Crippen molar-refractivity contribution in [3.05, 3.63) is 29.8 Å². The number of amides is 1. The number of nitrogens with one attached hydrogen (secondary N) is 1. The van der Waals surface area contributed by atoms with Gasteiger partial charge in [-0.25, -0.2) is 0 Å². The molecule has 25 heavy (non-hydrogen) atoms. The van der Waals surface area contributed by atoms with E-state index >= 15 is 0 Å². The van der Waals surface area contributed by atoms with Gasteiger partial charge in [0.05, 0.1) is 13.2 Å². The van der Waals surface area contributed by atoms with E-state index in [2.05, 4.69) is 22.3 Å². The number of halogens is 2. The standard InChI is InChI=1S/C18H27N3O2.2ClH/c19-16-4-3-15(13-16)18(22)20-17-5-1-14(2-6-17)7-8-21-9-11-23-12-10-21;;/h1-2,5-6,15-16H,3-4,7-13,19H2,(H,20,22);2*1H. The largest absolute Gasteiger partial charge is 0.379 e. The second kappa shape index (κ2) is 11.0. The van der Waals surface area contributed by atoms with Crippen molar-refractivity contribution in [2.24, 2.45) is 11.7 Å². The van der Waals surface area contributed by atoms with Crippen LogP contribution in [0.2, 0.25) is 0 Å². The SMILES string of the molecule is Cl.Cl.NC1CCC(C(=O)Nc2ccc(CCN3CCOCC3)cc2)C1. The molecule has 1 aromatic carbocycles. The molecule has 2 unspecified atom stereocenters. The highest BCUT2D eigenvalue weighted by Crippen LogP contribution is 2.25. The Hall–Kier alpha value is -0.850. The molecule has 142 valence electrons. The molecule has 1 aliphatic carbocycles. The van der Waals surface area contributed by atoms with Crippen LogP contribution in [0.4, 0.5) is 5.69 Å². The van der Waals surface area contributed by atoms with Crippen LogP contribution in [0.1, 0.15) is 24.8 Å². The van der Waals surface area contributed by atoms with Gasteiger partial charge in [0, 0.05) is 37.3 Å². The third-order valence-corrected chi connectivity index (χ3v) is 4.89. The molecule has 3 N–H and O–H groups in total. The summed E-state index contributed by atoms with van der Waals surface area (Å²) in [5, 5.41) is 3.02. The predicted molar refractivity (Wildman–Crippen MR) is 106 cm³/mol. The molecule has 0 spiro atoms. The van der Waals surface area contributed by atoms with Gasteiger partial charge in [-0.15, -0.1) is 24.8 Å². The second-order valence-corrected chi connectivity index (χ2v) is 6.66. The Morgan fingerprint density at radius 1 is 1.16 bits per heavy atom. The second-order valence-electron chi connectivity index (χ2n) is 6.66. The zero-order valence-electron chi connectivity index (χ0n) is 14.5. The van der Waals surface area contributed by atoms with Gasteiger partial charge < -0.3 is 15.8 Å². The number of nitrogens with two attached hydrogens (primary N) is 1. The molecular formula is C18H29Cl2N3O2. The maximum absolute atomic E-state index is 12.2. The highest BCUT2D eigenvalue weighted by molar-refractivity contribution is 5.92. The summed E-state index contributed by atoms with van der Waals surface area (Å²) in [6.07, 6.45) is 3.71. The summed E-state index contributed by atoms with van der Waals surface area (Å²) in [4.78, 5) is 14.6. The normalized spacial score (nSPS) is 23.4. The molecular weight excluding hydrogens is 361 g/mol. The predicted octanol–water partition coefficient (Wildman–Crippen LogP) is 2.47. The average Bonchev–Trinajstić information content (AvgIpc) is 3.02. The molecule has 3 rings (SSSR count). The summed E-state index contributed by atoms with van der Waals surface area (Å²) < 4.78 is 5.36. The first-order chi connectivity index (χ1) is 11.2. The Kier molecular flexibility index (Phi) is 9.75. The molecule has 0 aromatic heterocycles. The number of rotatable bonds is 5. The first kappa shape index (κ1) is 22.2. The molecule has 1 saturated carbocycles. The quantitative estimate of drug-likeness (QED) is 0.811. The smallest absolute Gasteiger partial charge is 0.227 e. The summed E-state index contributed by atoms with van der Waals surface area (Å²) in [5.41, 5.74) is 8.06. The van der Waals surface area contributed by atoms with Gasteiger partial charge >= 0.3 is 0 Å². The van der Waals surface area contributed by atoms with Crippen LogP contribution in [0.15, 0.2) is 24.3 Å². The van der Waals surface area contributed by atoms with Crippen LogP contribution in [-0.2, 0) is 16.0 Å². The number of nitrogens with zero attached hydrogens (tertiary/aromatic N) is 1. The van der Waals surface area contributed by atoms with Crippen molar-refractivity contribution in [3.8, 4) is 0 Å². The molecule has 1 saturated heterocycles. The van der Waals surface area contributed by atoms with E-state index in [0.29, 0.717) is 0 Å². The minimum absolute atomic E-state index is 0. The fourth-order valence-corrected chi connectivity index (χ4v) is 3.37. The molecule has 2 aliphatic rings. The van der Waals surface area contributed by atoms with E-state index in [0.717, 1.165) is 64.2 Å². The Morgan fingerprint density at radius 3 is 2.44 bits per heavy atom. The summed E-state index contributed by atoms with van der Waals surface area (Å²) in [5.74, 6) is 0.185. The number of hydrogen-bond donors (Lipinski definition) is 2. The third-order valence-electron chi connectivity index (χ3n) is 4.89. The van der Waals surface area contributed by atoms with E-state index < -0.39 is 0 Å². The van der Waals surface area contributed by atoms with Crippen LogP contribution in [0.3, 0.4) is 0 Å². The average molecular weight is 390 g/mol. The topological polar surface area (TPSA) is 67.6 Å². The van der Waals surface area contributed by atoms with E-state index in [4.69, 9.17) is 10.5 Å². The fraction of sp³-hybridized carbons (Fsp3) is 0.611. The van der Waals surface area contributed by atoms with Crippen molar-refractivity contribution in [2.75, 3.05) is 38.2 Å². The number of benzene rings is 1. The summed E-state index contributed by atoms with van der Waals surface area (Å²) in [6.45, 7) is 4.80. The number of hydrogen-bond acceptors (Lipinski definition) is 4. The van der Waals surface area contributed by atoms with E-state index in [1.807, 2.05) is 12.1 Å². The van der Waals surface area contributed by atoms with Crippen LogP contribution >= 0.6 is 24.8 Å². The van der Waals surface area contributed by atoms with Gasteiger partial charge in [-0.1, -0.05) is 12.1 Å². The Bertz CT molecular complexity index is 522. The van der Waals surface area contributed by atoms with Crippen LogP contribution in [-0.4, -0.2) is 49.7 Å². The van der Waals surface area contributed by atoms with Crippen molar-refractivity contribution in [2.45, 2.75) is 31.7 Å². The maximum Gasteiger partial charge on any atom is 0.227 e. The van der Waals surface area contributed by atoms with E-state index in [9.17, 15) is 4.79 Å². The number of ether oxygens (including phenoxy) is 1. The summed E-state index contributed by atoms with van der Waals surface area (Å²) in [6, 6.07) is 8.41. The van der Waals surface area contributed by atoms with Gasteiger partial charge in [0.25, 0.3) is 0 Å². The van der Waals surface area contributed by atoms with Crippen molar-refractivity contribution in [1.29, 1.82) is 0 Å². The van der Waals surface area contributed by atoms with Gasteiger partial charge in [0.15, 0.2) is 0 Å². The Balaban J connectivity index is 0.00000156. The number of anilines is 1. The molecule has 2 fully saturated rings. The molecule has 0 bridgehead atoms. The van der Waals surface area contributed by atoms with E-state index in [1.54, 1.807) is 0 Å². The summed E-state index contributed by atoms with van der Waals surface area (Å²) >= 11 is 0. The van der Waals surface area contributed by atoms with E-state index in [1.165, 1.54) is 5.56 Å². The molecule has 1 heterocycles.